The van der Waals surface area contributed by atoms with E-state index in [1.54, 1.807) is 36.4 Å². The van der Waals surface area contributed by atoms with Gasteiger partial charge in [-0.3, -0.25) is 4.72 Å². The molecule has 4 nitrogen and oxygen atoms in total. The van der Waals surface area contributed by atoms with E-state index >= 15 is 0 Å². The van der Waals surface area contributed by atoms with Gasteiger partial charge in [-0.25, -0.2) is 8.42 Å². The lowest BCUT2D eigenvalue weighted by Gasteiger charge is -2.09. The SMILES string of the molecule is Cc1cccc(S(=O)(=O)Nc2ccccc2C#N)c1. The van der Waals surface area contributed by atoms with Gasteiger partial charge in [0.2, 0.25) is 0 Å². The maximum atomic E-state index is 12.2. The fourth-order valence-electron chi connectivity index (χ4n) is 1.66. The quantitative estimate of drug-likeness (QED) is 0.933. The molecule has 0 bridgehead atoms. The third kappa shape index (κ3) is 2.92. The molecule has 0 aliphatic heterocycles. The highest BCUT2D eigenvalue weighted by molar-refractivity contribution is 7.92. The Balaban J connectivity index is 2.40. The summed E-state index contributed by atoms with van der Waals surface area (Å²) in [5, 5.41) is 8.95. The molecule has 19 heavy (non-hydrogen) atoms. The first-order chi connectivity index (χ1) is 9.03. The Hall–Kier alpha value is -2.32. The molecule has 0 radical (unpaired) electrons. The van der Waals surface area contributed by atoms with E-state index in [0.29, 0.717) is 5.56 Å². The molecule has 0 saturated heterocycles. The molecule has 0 aromatic heterocycles. The third-order valence-corrected chi connectivity index (χ3v) is 3.95. The van der Waals surface area contributed by atoms with Crippen LogP contribution < -0.4 is 4.72 Å². The van der Waals surface area contributed by atoms with Crippen LogP contribution in [0.3, 0.4) is 0 Å². The van der Waals surface area contributed by atoms with Gasteiger partial charge in [-0.1, -0.05) is 24.3 Å². The van der Waals surface area contributed by atoms with E-state index in [4.69, 9.17) is 5.26 Å². The minimum atomic E-state index is -3.67. The van der Waals surface area contributed by atoms with Crippen LogP contribution in [-0.2, 0) is 10.0 Å². The summed E-state index contributed by atoms with van der Waals surface area (Å²) in [6.07, 6.45) is 0. The number of para-hydroxylation sites is 1. The minimum absolute atomic E-state index is 0.181. The number of nitriles is 1. The first-order valence-corrected chi connectivity index (χ1v) is 7.10. The standard InChI is InChI=1S/C14H12N2O2S/c1-11-5-4-7-13(9-11)19(17,18)16-14-8-3-2-6-12(14)10-15/h2-9,16H,1H3. The predicted octanol–water partition coefficient (Wildman–Crippen LogP) is 2.67. The van der Waals surface area contributed by atoms with Gasteiger partial charge in [0.15, 0.2) is 0 Å². The molecule has 1 N–H and O–H groups in total. The van der Waals surface area contributed by atoms with E-state index in [1.807, 2.05) is 19.1 Å². The maximum Gasteiger partial charge on any atom is 0.261 e. The number of anilines is 1. The van der Waals surface area contributed by atoms with Crippen LogP contribution in [-0.4, -0.2) is 8.42 Å². The second-order valence-electron chi connectivity index (χ2n) is 4.08. The Bertz CT molecular complexity index is 746. The number of nitrogens with zero attached hydrogens (tertiary/aromatic N) is 1. The van der Waals surface area contributed by atoms with Crippen molar-refractivity contribution in [2.24, 2.45) is 0 Å². The molecule has 0 fully saturated rings. The molecule has 0 unspecified atom stereocenters. The molecule has 2 aromatic rings. The van der Waals surface area contributed by atoms with Gasteiger partial charge in [0.1, 0.15) is 6.07 Å². The van der Waals surface area contributed by atoms with Crippen molar-refractivity contribution in [3.63, 3.8) is 0 Å². The van der Waals surface area contributed by atoms with Gasteiger partial charge < -0.3 is 0 Å². The van der Waals surface area contributed by atoms with Crippen molar-refractivity contribution in [1.82, 2.24) is 0 Å². The highest BCUT2D eigenvalue weighted by Gasteiger charge is 2.15. The van der Waals surface area contributed by atoms with Gasteiger partial charge in [-0.2, -0.15) is 5.26 Å². The lowest BCUT2D eigenvalue weighted by Crippen LogP contribution is -2.13. The number of hydrogen-bond acceptors (Lipinski definition) is 3. The van der Waals surface area contributed by atoms with Gasteiger partial charge in [0, 0.05) is 0 Å². The molecule has 0 heterocycles. The average Bonchev–Trinajstić information content (AvgIpc) is 2.39. The van der Waals surface area contributed by atoms with Crippen LogP contribution in [0.15, 0.2) is 53.4 Å². The van der Waals surface area contributed by atoms with E-state index in [-0.39, 0.29) is 10.6 Å². The Morgan fingerprint density at radius 2 is 1.84 bits per heavy atom. The van der Waals surface area contributed by atoms with Crippen LogP contribution in [0.2, 0.25) is 0 Å². The van der Waals surface area contributed by atoms with Crippen LogP contribution in [0.4, 0.5) is 5.69 Å². The summed E-state index contributed by atoms with van der Waals surface area (Å²) in [4.78, 5) is 0.181. The van der Waals surface area contributed by atoms with Gasteiger partial charge in [0.25, 0.3) is 10.0 Å². The lowest BCUT2D eigenvalue weighted by molar-refractivity contribution is 0.601. The smallest absolute Gasteiger partial charge is 0.261 e. The molecule has 0 aliphatic carbocycles. The number of nitrogens with one attached hydrogen (secondary N) is 1. The Kier molecular flexibility index (Phi) is 3.54. The molecule has 0 spiro atoms. The first kappa shape index (κ1) is 13.1. The van der Waals surface area contributed by atoms with Gasteiger partial charge >= 0.3 is 0 Å². The third-order valence-electron chi connectivity index (χ3n) is 2.59. The number of benzene rings is 2. The van der Waals surface area contributed by atoms with E-state index in [1.165, 1.54) is 6.07 Å². The van der Waals surface area contributed by atoms with Gasteiger partial charge in [-0.05, 0) is 36.8 Å². The monoisotopic (exact) mass is 272 g/mol. The summed E-state index contributed by atoms with van der Waals surface area (Å²) >= 11 is 0. The molecule has 2 rings (SSSR count). The van der Waals surface area contributed by atoms with Crippen LogP contribution >= 0.6 is 0 Å². The number of sulfonamides is 1. The normalized spacial score (nSPS) is 10.7. The zero-order chi connectivity index (χ0) is 13.9. The second kappa shape index (κ2) is 5.12. The van der Waals surface area contributed by atoms with Gasteiger partial charge in [-0.15, -0.1) is 0 Å². The van der Waals surface area contributed by atoms with Crippen molar-refractivity contribution in [1.29, 1.82) is 5.26 Å². The molecule has 0 amide bonds. The molecule has 0 saturated carbocycles. The molecular formula is C14H12N2O2S. The Morgan fingerprint density at radius 1 is 1.11 bits per heavy atom. The lowest BCUT2D eigenvalue weighted by atomic mass is 10.2. The van der Waals surface area contributed by atoms with E-state index in [2.05, 4.69) is 4.72 Å². The van der Waals surface area contributed by atoms with Crippen molar-refractivity contribution >= 4 is 15.7 Å². The van der Waals surface area contributed by atoms with Gasteiger partial charge in [0.05, 0.1) is 16.1 Å². The predicted molar refractivity (Wildman–Crippen MR) is 73.1 cm³/mol. The number of hydrogen-bond donors (Lipinski definition) is 1. The summed E-state index contributed by atoms with van der Waals surface area (Å²) < 4.78 is 26.8. The molecular weight excluding hydrogens is 260 g/mol. The van der Waals surface area contributed by atoms with Crippen LogP contribution in [0, 0.1) is 18.3 Å². The van der Waals surface area contributed by atoms with Crippen molar-refractivity contribution in [3.05, 3.63) is 59.7 Å². The molecule has 5 heteroatoms. The van der Waals surface area contributed by atoms with E-state index < -0.39 is 10.0 Å². The average molecular weight is 272 g/mol. The summed E-state index contributed by atoms with van der Waals surface area (Å²) in [6.45, 7) is 1.82. The largest absolute Gasteiger partial charge is 0.278 e. The summed E-state index contributed by atoms with van der Waals surface area (Å²) in [6, 6.07) is 15.0. The van der Waals surface area contributed by atoms with Crippen LogP contribution in [0.25, 0.3) is 0 Å². The summed E-state index contributed by atoms with van der Waals surface area (Å²) in [7, 11) is -3.67. The highest BCUT2D eigenvalue weighted by Crippen LogP contribution is 2.19. The molecule has 96 valence electrons. The van der Waals surface area contributed by atoms with E-state index in [9.17, 15) is 8.42 Å². The summed E-state index contributed by atoms with van der Waals surface area (Å²) in [5.74, 6) is 0. The van der Waals surface area contributed by atoms with E-state index in [0.717, 1.165) is 5.56 Å². The number of aryl methyl sites for hydroxylation is 1. The van der Waals surface area contributed by atoms with Crippen molar-refractivity contribution < 1.29 is 8.42 Å². The highest BCUT2D eigenvalue weighted by atomic mass is 32.2. The molecule has 2 aromatic carbocycles. The summed E-state index contributed by atoms with van der Waals surface area (Å²) in [5.41, 5.74) is 1.43. The maximum absolute atomic E-state index is 12.2. The first-order valence-electron chi connectivity index (χ1n) is 5.61. The fraction of sp³-hybridized carbons (Fsp3) is 0.0714. The van der Waals surface area contributed by atoms with Crippen molar-refractivity contribution in [3.8, 4) is 6.07 Å². The number of rotatable bonds is 3. The van der Waals surface area contributed by atoms with Crippen molar-refractivity contribution in [2.45, 2.75) is 11.8 Å². The molecule has 0 aliphatic rings. The Labute approximate surface area is 112 Å². The fourth-order valence-corrected chi connectivity index (χ4v) is 2.84. The topological polar surface area (TPSA) is 70.0 Å². The molecule has 0 atom stereocenters. The zero-order valence-corrected chi connectivity index (χ0v) is 11.1. The zero-order valence-electron chi connectivity index (χ0n) is 10.3. The van der Waals surface area contributed by atoms with Crippen LogP contribution in [0.1, 0.15) is 11.1 Å². The second-order valence-corrected chi connectivity index (χ2v) is 5.76. The van der Waals surface area contributed by atoms with Crippen molar-refractivity contribution in [2.75, 3.05) is 4.72 Å². The minimum Gasteiger partial charge on any atom is -0.278 e. The van der Waals surface area contributed by atoms with Crippen LogP contribution in [0.5, 0.6) is 0 Å². The Morgan fingerprint density at radius 3 is 2.53 bits per heavy atom.